The molecule has 1 amide bonds. The van der Waals surface area contributed by atoms with E-state index in [0.717, 1.165) is 22.0 Å². The molecule has 0 saturated carbocycles. The number of benzene rings is 1. The van der Waals surface area contributed by atoms with Crippen molar-refractivity contribution < 1.29 is 9.53 Å². The summed E-state index contributed by atoms with van der Waals surface area (Å²) in [6, 6.07) is 7.64. The van der Waals surface area contributed by atoms with Crippen LogP contribution < -0.4 is 10.1 Å². The van der Waals surface area contributed by atoms with Gasteiger partial charge in [0.1, 0.15) is 10.6 Å². The fourth-order valence-corrected chi connectivity index (χ4v) is 2.62. The van der Waals surface area contributed by atoms with Crippen LogP contribution >= 0.6 is 11.3 Å². The summed E-state index contributed by atoms with van der Waals surface area (Å²) in [7, 11) is 1.63. The number of nitrogens with zero attached hydrogens (tertiary/aromatic N) is 1. The van der Waals surface area contributed by atoms with Crippen molar-refractivity contribution in [3.63, 3.8) is 0 Å². The summed E-state index contributed by atoms with van der Waals surface area (Å²) in [5, 5.41) is 3.80. The molecule has 2 aromatic rings. The Balaban J connectivity index is 2.02. The predicted molar refractivity (Wildman–Crippen MR) is 75.8 cm³/mol. The monoisotopic (exact) mass is 276 g/mol. The molecular formula is C14H16N2O2S. The first-order valence-corrected chi connectivity index (χ1v) is 6.77. The van der Waals surface area contributed by atoms with Crippen LogP contribution in [0.1, 0.15) is 25.9 Å². The highest BCUT2D eigenvalue weighted by atomic mass is 32.1. The maximum absolute atomic E-state index is 12.0. The number of hydrogen-bond donors (Lipinski definition) is 1. The number of ether oxygens (including phenoxy) is 1. The van der Waals surface area contributed by atoms with Crippen LogP contribution in [0.4, 0.5) is 0 Å². The predicted octanol–water partition coefficient (Wildman–Crippen LogP) is 2.70. The van der Waals surface area contributed by atoms with Gasteiger partial charge in [0, 0.05) is 6.54 Å². The zero-order chi connectivity index (χ0) is 13.8. The van der Waals surface area contributed by atoms with E-state index in [0.29, 0.717) is 11.4 Å². The van der Waals surface area contributed by atoms with Gasteiger partial charge in [-0.05, 0) is 31.5 Å². The van der Waals surface area contributed by atoms with Crippen LogP contribution in [0, 0.1) is 13.8 Å². The highest BCUT2D eigenvalue weighted by Crippen LogP contribution is 2.17. The Morgan fingerprint density at radius 3 is 2.84 bits per heavy atom. The van der Waals surface area contributed by atoms with Crippen LogP contribution in [0.25, 0.3) is 0 Å². The molecule has 0 bridgehead atoms. The third kappa shape index (κ3) is 3.32. The van der Waals surface area contributed by atoms with E-state index < -0.39 is 0 Å². The van der Waals surface area contributed by atoms with E-state index >= 15 is 0 Å². The lowest BCUT2D eigenvalue weighted by Gasteiger charge is -2.06. The molecule has 0 saturated heterocycles. The molecule has 1 aromatic heterocycles. The molecule has 2 rings (SSSR count). The van der Waals surface area contributed by atoms with Crippen molar-refractivity contribution >= 4 is 17.2 Å². The van der Waals surface area contributed by atoms with Crippen molar-refractivity contribution in [2.75, 3.05) is 7.11 Å². The Bertz CT molecular complexity index is 593. The Kier molecular flexibility index (Phi) is 4.16. The van der Waals surface area contributed by atoms with Gasteiger partial charge in [-0.2, -0.15) is 0 Å². The van der Waals surface area contributed by atoms with Gasteiger partial charge in [0.15, 0.2) is 0 Å². The smallest absolute Gasteiger partial charge is 0.263 e. The van der Waals surface area contributed by atoms with Gasteiger partial charge in [-0.15, -0.1) is 11.3 Å². The minimum atomic E-state index is -0.0779. The van der Waals surface area contributed by atoms with E-state index in [1.165, 1.54) is 11.3 Å². The summed E-state index contributed by atoms with van der Waals surface area (Å²) < 4.78 is 5.15. The number of rotatable bonds is 4. The van der Waals surface area contributed by atoms with E-state index in [4.69, 9.17) is 4.74 Å². The van der Waals surface area contributed by atoms with E-state index in [-0.39, 0.29) is 5.91 Å². The average molecular weight is 276 g/mol. The molecule has 1 heterocycles. The third-order valence-corrected chi connectivity index (χ3v) is 3.77. The second-order valence-electron chi connectivity index (χ2n) is 4.18. The molecule has 0 unspecified atom stereocenters. The number of aryl methyl sites for hydroxylation is 2. The SMILES string of the molecule is COc1cccc(CNC(=O)c2sc(C)nc2C)c1. The summed E-state index contributed by atoms with van der Waals surface area (Å²) >= 11 is 1.42. The molecule has 19 heavy (non-hydrogen) atoms. The van der Waals surface area contributed by atoms with E-state index in [1.807, 2.05) is 38.1 Å². The molecule has 0 aliphatic carbocycles. The molecule has 5 heteroatoms. The van der Waals surface area contributed by atoms with Gasteiger partial charge in [-0.3, -0.25) is 4.79 Å². The lowest BCUT2D eigenvalue weighted by Crippen LogP contribution is -2.22. The maximum Gasteiger partial charge on any atom is 0.263 e. The number of thiazole rings is 1. The number of carbonyl (C=O) groups is 1. The average Bonchev–Trinajstić information content (AvgIpc) is 2.75. The molecule has 1 aromatic carbocycles. The zero-order valence-corrected chi connectivity index (χ0v) is 12.0. The second kappa shape index (κ2) is 5.84. The summed E-state index contributed by atoms with van der Waals surface area (Å²) in [5.74, 6) is 0.711. The first kappa shape index (κ1) is 13.5. The van der Waals surface area contributed by atoms with Gasteiger partial charge in [0.25, 0.3) is 5.91 Å². The molecule has 4 nitrogen and oxygen atoms in total. The molecule has 0 radical (unpaired) electrons. The standard InChI is InChI=1S/C14H16N2O2S/c1-9-13(19-10(2)16-9)14(17)15-8-11-5-4-6-12(7-11)18-3/h4-7H,8H2,1-3H3,(H,15,17). The minimum absolute atomic E-state index is 0.0779. The maximum atomic E-state index is 12.0. The topological polar surface area (TPSA) is 51.2 Å². The van der Waals surface area contributed by atoms with Gasteiger partial charge >= 0.3 is 0 Å². The van der Waals surface area contributed by atoms with E-state index in [2.05, 4.69) is 10.3 Å². The van der Waals surface area contributed by atoms with Crippen molar-refractivity contribution in [3.8, 4) is 5.75 Å². The lowest BCUT2D eigenvalue weighted by molar-refractivity contribution is 0.0954. The molecule has 100 valence electrons. The first-order valence-electron chi connectivity index (χ1n) is 5.95. The highest BCUT2D eigenvalue weighted by Gasteiger charge is 2.13. The second-order valence-corrected chi connectivity index (χ2v) is 5.38. The van der Waals surface area contributed by atoms with Crippen LogP contribution in [0.5, 0.6) is 5.75 Å². The summed E-state index contributed by atoms with van der Waals surface area (Å²) in [4.78, 5) is 17.0. The Labute approximate surface area is 116 Å². The van der Waals surface area contributed by atoms with Gasteiger partial charge in [-0.1, -0.05) is 12.1 Å². The number of hydrogen-bond acceptors (Lipinski definition) is 4. The van der Waals surface area contributed by atoms with Crippen LogP contribution in [-0.4, -0.2) is 18.0 Å². The van der Waals surface area contributed by atoms with Crippen LogP contribution in [0.2, 0.25) is 0 Å². The van der Waals surface area contributed by atoms with E-state index in [9.17, 15) is 4.79 Å². The lowest BCUT2D eigenvalue weighted by atomic mass is 10.2. The van der Waals surface area contributed by atoms with Gasteiger partial charge in [0.05, 0.1) is 17.8 Å². The normalized spacial score (nSPS) is 10.3. The molecule has 0 atom stereocenters. The molecule has 0 aliphatic heterocycles. The molecule has 0 aliphatic rings. The van der Waals surface area contributed by atoms with Crippen molar-refractivity contribution in [2.45, 2.75) is 20.4 Å². The van der Waals surface area contributed by atoms with Gasteiger partial charge in [-0.25, -0.2) is 4.98 Å². The fourth-order valence-electron chi connectivity index (χ4n) is 1.79. The van der Waals surface area contributed by atoms with E-state index in [1.54, 1.807) is 7.11 Å². The highest BCUT2D eigenvalue weighted by molar-refractivity contribution is 7.13. The zero-order valence-electron chi connectivity index (χ0n) is 11.2. The summed E-state index contributed by atoms with van der Waals surface area (Å²) in [6.07, 6.45) is 0. The summed E-state index contributed by atoms with van der Waals surface area (Å²) in [5.41, 5.74) is 1.79. The third-order valence-electron chi connectivity index (χ3n) is 2.70. The number of methoxy groups -OCH3 is 1. The number of nitrogens with one attached hydrogen (secondary N) is 1. The Morgan fingerprint density at radius 2 is 2.21 bits per heavy atom. The molecule has 0 spiro atoms. The summed E-state index contributed by atoms with van der Waals surface area (Å²) in [6.45, 7) is 4.23. The first-order chi connectivity index (χ1) is 9.10. The number of amides is 1. The number of carbonyl (C=O) groups excluding carboxylic acids is 1. The van der Waals surface area contributed by atoms with Gasteiger partial charge < -0.3 is 10.1 Å². The fraction of sp³-hybridized carbons (Fsp3) is 0.286. The Morgan fingerprint density at radius 1 is 1.42 bits per heavy atom. The molecule has 1 N–H and O–H groups in total. The van der Waals surface area contributed by atoms with Crippen LogP contribution in [0.15, 0.2) is 24.3 Å². The van der Waals surface area contributed by atoms with Crippen molar-refractivity contribution in [2.24, 2.45) is 0 Å². The number of aromatic nitrogens is 1. The quantitative estimate of drug-likeness (QED) is 0.934. The largest absolute Gasteiger partial charge is 0.497 e. The van der Waals surface area contributed by atoms with Crippen LogP contribution in [-0.2, 0) is 6.54 Å². The molecular weight excluding hydrogens is 260 g/mol. The Hall–Kier alpha value is -1.88. The minimum Gasteiger partial charge on any atom is -0.497 e. The molecule has 0 fully saturated rings. The van der Waals surface area contributed by atoms with Crippen molar-refractivity contribution in [1.82, 2.24) is 10.3 Å². The van der Waals surface area contributed by atoms with Crippen LogP contribution in [0.3, 0.4) is 0 Å². The van der Waals surface area contributed by atoms with Crippen molar-refractivity contribution in [3.05, 3.63) is 45.4 Å². The van der Waals surface area contributed by atoms with Gasteiger partial charge in [0.2, 0.25) is 0 Å². The van der Waals surface area contributed by atoms with Crippen molar-refractivity contribution in [1.29, 1.82) is 0 Å².